The Bertz CT molecular complexity index is 1770. The first-order chi connectivity index (χ1) is 21.2. The Hall–Kier alpha value is -4.91. The lowest BCUT2D eigenvalue weighted by Crippen LogP contribution is -2.22. The van der Waals surface area contributed by atoms with Crippen molar-refractivity contribution in [2.75, 3.05) is 13.2 Å². The van der Waals surface area contributed by atoms with Crippen LogP contribution in [-0.4, -0.2) is 19.2 Å². The fourth-order valence-electron chi connectivity index (χ4n) is 4.56. The second-order valence-electron chi connectivity index (χ2n) is 9.50. The third kappa shape index (κ3) is 7.00. The van der Waals surface area contributed by atoms with Crippen molar-refractivity contribution in [3.05, 3.63) is 123 Å². The van der Waals surface area contributed by atoms with E-state index in [-0.39, 0.29) is 23.8 Å². The van der Waals surface area contributed by atoms with Crippen LogP contribution in [0.4, 0.5) is 4.39 Å². The number of allylic oxidation sites excluding steroid dienone is 1. The Kier molecular flexibility index (Phi) is 9.44. The van der Waals surface area contributed by atoms with Crippen LogP contribution in [0.1, 0.15) is 29.5 Å². The SMILES string of the molecule is CCOc1cc(C2C(C#N)=C(N)Oc3cc(OC(=O)COc4ccc(F)cc4)ccc32)ccc1OCc1ccc(Cl)cc1Cl. The molecule has 1 atom stereocenters. The molecule has 0 bridgehead atoms. The van der Waals surface area contributed by atoms with Gasteiger partial charge in [-0.1, -0.05) is 41.4 Å². The molecule has 0 aliphatic carbocycles. The van der Waals surface area contributed by atoms with Crippen LogP contribution in [0.3, 0.4) is 0 Å². The summed E-state index contributed by atoms with van der Waals surface area (Å²) >= 11 is 12.3. The van der Waals surface area contributed by atoms with Crippen molar-refractivity contribution in [2.24, 2.45) is 5.73 Å². The Labute approximate surface area is 262 Å². The third-order valence-corrected chi connectivity index (χ3v) is 7.18. The molecule has 1 aliphatic rings. The molecule has 44 heavy (non-hydrogen) atoms. The van der Waals surface area contributed by atoms with E-state index in [1.54, 1.807) is 42.5 Å². The summed E-state index contributed by atoms with van der Waals surface area (Å²) in [6.45, 7) is 2.00. The highest BCUT2D eigenvalue weighted by Crippen LogP contribution is 2.45. The average molecular weight is 635 g/mol. The minimum atomic E-state index is -0.681. The Morgan fingerprint density at radius 3 is 2.45 bits per heavy atom. The average Bonchev–Trinajstić information content (AvgIpc) is 3.00. The van der Waals surface area contributed by atoms with Crippen molar-refractivity contribution in [1.29, 1.82) is 5.26 Å². The lowest BCUT2D eigenvalue weighted by molar-refractivity contribution is -0.136. The van der Waals surface area contributed by atoms with Crippen molar-refractivity contribution in [3.8, 4) is 34.8 Å². The number of hydrogen-bond acceptors (Lipinski definition) is 8. The monoisotopic (exact) mass is 634 g/mol. The van der Waals surface area contributed by atoms with E-state index in [2.05, 4.69) is 6.07 Å². The van der Waals surface area contributed by atoms with Gasteiger partial charge in [-0.3, -0.25) is 0 Å². The number of benzene rings is 4. The molecule has 4 aromatic rings. The zero-order valence-electron chi connectivity index (χ0n) is 23.3. The molecule has 1 heterocycles. The van der Waals surface area contributed by atoms with E-state index in [1.807, 2.05) is 13.0 Å². The first-order valence-corrected chi connectivity index (χ1v) is 14.1. The molecule has 0 saturated heterocycles. The maximum absolute atomic E-state index is 13.1. The van der Waals surface area contributed by atoms with Gasteiger partial charge in [-0.05, 0) is 67.1 Å². The Morgan fingerprint density at radius 1 is 0.955 bits per heavy atom. The normalized spacial score (nSPS) is 13.8. The van der Waals surface area contributed by atoms with Gasteiger partial charge in [0.2, 0.25) is 5.88 Å². The van der Waals surface area contributed by atoms with Crippen LogP contribution < -0.4 is 29.4 Å². The summed E-state index contributed by atoms with van der Waals surface area (Å²) in [6, 6.07) is 22.7. The molecule has 5 rings (SSSR count). The van der Waals surface area contributed by atoms with Gasteiger partial charge in [-0.25, -0.2) is 9.18 Å². The second-order valence-corrected chi connectivity index (χ2v) is 10.3. The molecule has 4 aromatic carbocycles. The van der Waals surface area contributed by atoms with Gasteiger partial charge in [0.15, 0.2) is 18.1 Å². The summed E-state index contributed by atoms with van der Waals surface area (Å²) in [5.74, 6) is -0.0236. The fourth-order valence-corrected chi connectivity index (χ4v) is 5.03. The summed E-state index contributed by atoms with van der Waals surface area (Å²) in [4.78, 5) is 12.4. The van der Waals surface area contributed by atoms with Crippen molar-refractivity contribution < 1.29 is 32.9 Å². The molecule has 0 fully saturated rings. The number of halogens is 3. The van der Waals surface area contributed by atoms with Crippen molar-refractivity contribution in [1.82, 2.24) is 0 Å². The molecule has 1 unspecified atom stereocenters. The van der Waals surface area contributed by atoms with Gasteiger partial charge in [0.25, 0.3) is 0 Å². The molecule has 224 valence electrons. The number of rotatable bonds is 10. The molecular formula is C33H25Cl2FN2O6. The molecule has 8 nitrogen and oxygen atoms in total. The van der Waals surface area contributed by atoms with Gasteiger partial charge in [0.05, 0.1) is 12.5 Å². The predicted molar refractivity (Wildman–Crippen MR) is 162 cm³/mol. The van der Waals surface area contributed by atoms with Crippen LogP contribution in [0, 0.1) is 17.1 Å². The largest absolute Gasteiger partial charge is 0.490 e. The zero-order chi connectivity index (χ0) is 31.2. The number of ether oxygens (including phenoxy) is 5. The van der Waals surface area contributed by atoms with Gasteiger partial charge >= 0.3 is 5.97 Å². The topological polar surface area (TPSA) is 113 Å². The van der Waals surface area contributed by atoms with E-state index < -0.39 is 24.3 Å². The summed E-state index contributed by atoms with van der Waals surface area (Å²) in [5, 5.41) is 11.0. The fraction of sp³-hybridized carbons (Fsp3) is 0.152. The summed E-state index contributed by atoms with van der Waals surface area (Å²) < 4.78 is 41.5. The zero-order valence-corrected chi connectivity index (χ0v) is 24.8. The van der Waals surface area contributed by atoms with Crippen LogP contribution in [0.5, 0.6) is 28.7 Å². The number of nitriles is 1. The minimum absolute atomic E-state index is 0.0798. The van der Waals surface area contributed by atoms with Gasteiger partial charge in [-0.2, -0.15) is 5.26 Å². The number of esters is 1. The maximum atomic E-state index is 13.1. The third-order valence-electron chi connectivity index (χ3n) is 6.59. The molecule has 2 N–H and O–H groups in total. The van der Waals surface area contributed by atoms with Crippen LogP contribution in [0.2, 0.25) is 10.0 Å². The molecule has 11 heteroatoms. The predicted octanol–water partition coefficient (Wildman–Crippen LogP) is 7.31. The van der Waals surface area contributed by atoms with Gasteiger partial charge in [-0.15, -0.1) is 0 Å². The summed E-state index contributed by atoms with van der Waals surface area (Å²) in [7, 11) is 0. The highest BCUT2D eigenvalue weighted by molar-refractivity contribution is 6.35. The molecular weight excluding hydrogens is 610 g/mol. The van der Waals surface area contributed by atoms with Crippen LogP contribution in [0.15, 0.2) is 90.3 Å². The number of nitrogens with two attached hydrogens (primary N) is 1. The molecule has 0 aromatic heterocycles. The lowest BCUT2D eigenvalue weighted by Gasteiger charge is -2.27. The maximum Gasteiger partial charge on any atom is 0.349 e. The Morgan fingerprint density at radius 2 is 1.73 bits per heavy atom. The van der Waals surface area contributed by atoms with Gasteiger partial charge in [0.1, 0.15) is 41.3 Å². The minimum Gasteiger partial charge on any atom is -0.490 e. The summed E-state index contributed by atoms with van der Waals surface area (Å²) in [5.41, 5.74) is 8.46. The van der Waals surface area contributed by atoms with Crippen LogP contribution >= 0.6 is 23.2 Å². The van der Waals surface area contributed by atoms with E-state index >= 15 is 0 Å². The van der Waals surface area contributed by atoms with E-state index in [4.69, 9.17) is 52.6 Å². The van der Waals surface area contributed by atoms with E-state index in [1.165, 1.54) is 30.3 Å². The van der Waals surface area contributed by atoms with Crippen molar-refractivity contribution in [2.45, 2.75) is 19.4 Å². The first-order valence-electron chi connectivity index (χ1n) is 13.4. The number of fused-ring (bicyclic) bond motifs is 1. The van der Waals surface area contributed by atoms with E-state index in [0.717, 1.165) is 5.56 Å². The number of nitrogens with zero attached hydrogens (tertiary/aromatic N) is 1. The number of carbonyl (C=O) groups is 1. The van der Waals surface area contributed by atoms with E-state index in [0.29, 0.717) is 50.8 Å². The van der Waals surface area contributed by atoms with Crippen LogP contribution in [-0.2, 0) is 11.4 Å². The standard InChI is InChI=1S/C33H25Cl2FN2O6/c1-2-40-30-13-19(4-12-28(30)42-17-20-3-5-21(34)14-27(20)35)32-25-11-10-24(15-29(25)44-33(38)26(32)16-37)43-31(39)18-41-23-8-6-22(36)7-9-23/h3-15,32H,2,17-18,38H2,1H3. The van der Waals surface area contributed by atoms with Gasteiger partial charge < -0.3 is 29.4 Å². The smallest absolute Gasteiger partial charge is 0.349 e. The van der Waals surface area contributed by atoms with Gasteiger partial charge in [0, 0.05) is 27.2 Å². The van der Waals surface area contributed by atoms with Crippen molar-refractivity contribution >= 4 is 29.2 Å². The highest BCUT2D eigenvalue weighted by Gasteiger charge is 2.32. The molecule has 0 saturated carbocycles. The first kappa shape index (κ1) is 30.5. The number of hydrogen-bond donors (Lipinski definition) is 1. The quantitative estimate of drug-likeness (QED) is 0.143. The van der Waals surface area contributed by atoms with Crippen LogP contribution in [0.25, 0.3) is 0 Å². The van der Waals surface area contributed by atoms with E-state index in [9.17, 15) is 14.4 Å². The molecule has 0 radical (unpaired) electrons. The highest BCUT2D eigenvalue weighted by atomic mass is 35.5. The second kappa shape index (κ2) is 13.6. The molecule has 1 aliphatic heterocycles. The molecule has 0 amide bonds. The molecule has 0 spiro atoms. The van der Waals surface area contributed by atoms with Crippen molar-refractivity contribution in [3.63, 3.8) is 0 Å². The summed E-state index contributed by atoms with van der Waals surface area (Å²) in [6.07, 6.45) is 0. The number of carbonyl (C=O) groups excluding carboxylic acids is 1. The Balaban J connectivity index is 1.37. The lowest BCUT2D eigenvalue weighted by atomic mass is 9.83.